The number of hydrogen-bond donors (Lipinski definition) is 3. The highest BCUT2D eigenvalue weighted by Crippen LogP contribution is 2.18. The molecular formula is C11H22N2O2. The van der Waals surface area contributed by atoms with Crippen molar-refractivity contribution in [1.82, 2.24) is 10.6 Å². The summed E-state index contributed by atoms with van der Waals surface area (Å²) in [6.45, 7) is 4.81. The number of hydrogen-bond acceptors (Lipinski definition) is 3. The van der Waals surface area contributed by atoms with Crippen LogP contribution in [-0.4, -0.2) is 35.7 Å². The number of amides is 1. The van der Waals surface area contributed by atoms with Crippen molar-refractivity contribution in [2.24, 2.45) is 0 Å². The van der Waals surface area contributed by atoms with Crippen LogP contribution in [0.15, 0.2) is 0 Å². The second-order valence-electron chi connectivity index (χ2n) is 4.48. The molecule has 1 rings (SSSR count). The first kappa shape index (κ1) is 12.5. The Bertz CT molecular complexity index is 209. The van der Waals surface area contributed by atoms with Crippen LogP contribution in [0.4, 0.5) is 0 Å². The van der Waals surface area contributed by atoms with E-state index in [0.717, 1.165) is 32.2 Å². The Hall–Kier alpha value is -0.610. The Morgan fingerprint density at radius 2 is 2.33 bits per heavy atom. The van der Waals surface area contributed by atoms with Gasteiger partial charge >= 0.3 is 0 Å². The molecule has 0 aromatic rings. The Morgan fingerprint density at radius 3 is 2.80 bits per heavy atom. The summed E-state index contributed by atoms with van der Waals surface area (Å²) in [4.78, 5) is 12.0. The lowest BCUT2D eigenvalue weighted by Crippen LogP contribution is -2.59. The molecule has 0 aliphatic carbocycles. The van der Waals surface area contributed by atoms with E-state index in [9.17, 15) is 4.79 Å². The fraction of sp³-hybridized carbons (Fsp3) is 0.909. The van der Waals surface area contributed by atoms with Gasteiger partial charge in [-0.15, -0.1) is 0 Å². The number of nitrogens with one attached hydrogen (secondary N) is 2. The van der Waals surface area contributed by atoms with Crippen LogP contribution in [0.2, 0.25) is 0 Å². The Morgan fingerprint density at radius 1 is 1.60 bits per heavy atom. The van der Waals surface area contributed by atoms with Gasteiger partial charge in [0.1, 0.15) is 0 Å². The van der Waals surface area contributed by atoms with Crippen molar-refractivity contribution in [1.29, 1.82) is 0 Å². The summed E-state index contributed by atoms with van der Waals surface area (Å²) < 4.78 is 0. The molecule has 3 N–H and O–H groups in total. The first-order valence-electron chi connectivity index (χ1n) is 5.79. The van der Waals surface area contributed by atoms with Crippen molar-refractivity contribution in [2.45, 2.75) is 51.1 Å². The fourth-order valence-electron chi connectivity index (χ4n) is 1.87. The molecule has 0 bridgehead atoms. The van der Waals surface area contributed by atoms with Crippen LogP contribution in [0.25, 0.3) is 0 Å². The van der Waals surface area contributed by atoms with Crippen LogP contribution in [0.3, 0.4) is 0 Å². The molecule has 1 aliphatic rings. The van der Waals surface area contributed by atoms with Gasteiger partial charge in [0.05, 0.1) is 18.2 Å². The molecule has 1 amide bonds. The summed E-state index contributed by atoms with van der Waals surface area (Å²) >= 11 is 0. The van der Waals surface area contributed by atoms with Gasteiger partial charge in [-0.05, 0) is 39.2 Å². The molecule has 1 saturated heterocycles. The van der Waals surface area contributed by atoms with Gasteiger partial charge in [-0.2, -0.15) is 0 Å². The number of carbonyl (C=O) groups is 1. The third-order valence-corrected chi connectivity index (χ3v) is 3.17. The molecule has 2 atom stereocenters. The molecule has 0 aromatic heterocycles. The fourth-order valence-corrected chi connectivity index (χ4v) is 1.87. The van der Waals surface area contributed by atoms with E-state index in [0.29, 0.717) is 0 Å². The molecule has 15 heavy (non-hydrogen) atoms. The maximum absolute atomic E-state index is 12.0. The van der Waals surface area contributed by atoms with Gasteiger partial charge in [-0.1, -0.05) is 6.92 Å². The number of aliphatic hydroxyl groups excluding tert-OH is 1. The van der Waals surface area contributed by atoms with Crippen LogP contribution in [0, 0.1) is 0 Å². The lowest BCUT2D eigenvalue weighted by Gasteiger charge is -2.34. The van der Waals surface area contributed by atoms with E-state index in [1.54, 1.807) is 0 Å². The van der Waals surface area contributed by atoms with Crippen LogP contribution in [-0.2, 0) is 4.79 Å². The average Bonchev–Trinajstić information content (AvgIpc) is 2.26. The van der Waals surface area contributed by atoms with E-state index in [4.69, 9.17) is 5.11 Å². The van der Waals surface area contributed by atoms with Crippen LogP contribution >= 0.6 is 0 Å². The van der Waals surface area contributed by atoms with Gasteiger partial charge < -0.3 is 15.7 Å². The van der Waals surface area contributed by atoms with Crippen LogP contribution < -0.4 is 10.6 Å². The van der Waals surface area contributed by atoms with Gasteiger partial charge in [0, 0.05) is 0 Å². The van der Waals surface area contributed by atoms with E-state index >= 15 is 0 Å². The molecule has 2 unspecified atom stereocenters. The largest absolute Gasteiger partial charge is 0.394 e. The number of carbonyl (C=O) groups excluding carboxylic acids is 1. The first-order chi connectivity index (χ1) is 7.12. The zero-order chi connectivity index (χ0) is 11.3. The molecule has 1 fully saturated rings. The van der Waals surface area contributed by atoms with Crippen LogP contribution in [0.5, 0.6) is 0 Å². The highest BCUT2D eigenvalue weighted by atomic mass is 16.3. The lowest BCUT2D eigenvalue weighted by atomic mass is 9.90. The minimum absolute atomic E-state index is 0.0122. The molecule has 4 heteroatoms. The van der Waals surface area contributed by atoms with Crippen LogP contribution in [0.1, 0.15) is 39.5 Å². The van der Waals surface area contributed by atoms with Gasteiger partial charge in [0.15, 0.2) is 0 Å². The van der Waals surface area contributed by atoms with Gasteiger partial charge in [-0.3, -0.25) is 4.79 Å². The third kappa shape index (κ3) is 3.18. The Balaban J connectivity index is 2.50. The minimum atomic E-state index is -0.444. The summed E-state index contributed by atoms with van der Waals surface area (Å²) in [6, 6.07) is -0.113. The summed E-state index contributed by atoms with van der Waals surface area (Å²) in [6.07, 6.45) is 3.87. The quantitative estimate of drug-likeness (QED) is 0.635. The number of piperidine rings is 1. The molecule has 0 aromatic carbocycles. The molecule has 1 heterocycles. The number of aliphatic hydroxyl groups is 1. The van der Waals surface area contributed by atoms with Crippen molar-refractivity contribution in [3.05, 3.63) is 0 Å². The third-order valence-electron chi connectivity index (χ3n) is 3.17. The standard InChI is InChI=1S/C11H22N2O2/c1-3-9(8-14)13-10(15)11(2)6-4-5-7-12-11/h9,12,14H,3-8H2,1-2H3,(H,13,15). The normalized spacial score (nSPS) is 28.5. The highest BCUT2D eigenvalue weighted by Gasteiger charge is 2.34. The van der Waals surface area contributed by atoms with Crippen molar-refractivity contribution < 1.29 is 9.90 Å². The molecular weight excluding hydrogens is 192 g/mol. The maximum atomic E-state index is 12.0. The Kier molecular flexibility index (Phi) is 4.54. The van der Waals surface area contributed by atoms with Crippen molar-refractivity contribution in [2.75, 3.05) is 13.2 Å². The maximum Gasteiger partial charge on any atom is 0.240 e. The summed E-state index contributed by atoms with van der Waals surface area (Å²) in [5.74, 6) is 0.0168. The predicted molar refractivity (Wildman–Crippen MR) is 59.6 cm³/mol. The highest BCUT2D eigenvalue weighted by molar-refractivity contribution is 5.86. The molecule has 4 nitrogen and oxygen atoms in total. The predicted octanol–water partition coefficient (Wildman–Crippen LogP) is 0.406. The van der Waals surface area contributed by atoms with E-state index < -0.39 is 5.54 Å². The average molecular weight is 214 g/mol. The zero-order valence-electron chi connectivity index (χ0n) is 9.68. The number of rotatable bonds is 4. The van der Waals surface area contributed by atoms with Gasteiger partial charge in [-0.25, -0.2) is 0 Å². The lowest BCUT2D eigenvalue weighted by molar-refractivity contribution is -0.129. The zero-order valence-corrected chi connectivity index (χ0v) is 9.68. The Labute approximate surface area is 91.4 Å². The van der Waals surface area contributed by atoms with Gasteiger partial charge in [0.2, 0.25) is 5.91 Å². The molecule has 0 saturated carbocycles. The topological polar surface area (TPSA) is 61.4 Å². The van der Waals surface area contributed by atoms with E-state index in [1.807, 2.05) is 13.8 Å². The van der Waals surface area contributed by atoms with E-state index in [-0.39, 0.29) is 18.6 Å². The molecule has 88 valence electrons. The monoisotopic (exact) mass is 214 g/mol. The van der Waals surface area contributed by atoms with Crippen molar-refractivity contribution >= 4 is 5.91 Å². The second kappa shape index (κ2) is 5.47. The molecule has 0 spiro atoms. The molecule has 0 radical (unpaired) electrons. The SMILES string of the molecule is CCC(CO)NC(=O)C1(C)CCCCN1. The second-order valence-corrected chi connectivity index (χ2v) is 4.48. The van der Waals surface area contributed by atoms with Crippen molar-refractivity contribution in [3.8, 4) is 0 Å². The summed E-state index contributed by atoms with van der Waals surface area (Å²) in [5, 5.41) is 15.2. The molecule has 1 aliphatic heterocycles. The summed E-state index contributed by atoms with van der Waals surface area (Å²) in [7, 11) is 0. The smallest absolute Gasteiger partial charge is 0.240 e. The van der Waals surface area contributed by atoms with Crippen molar-refractivity contribution in [3.63, 3.8) is 0 Å². The minimum Gasteiger partial charge on any atom is -0.394 e. The summed E-state index contributed by atoms with van der Waals surface area (Å²) in [5.41, 5.74) is -0.444. The first-order valence-corrected chi connectivity index (χ1v) is 5.79. The van der Waals surface area contributed by atoms with Gasteiger partial charge in [0.25, 0.3) is 0 Å². The van der Waals surface area contributed by atoms with E-state index in [2.05, 4.69) is 10.6 Å². The van der Waals surface area contributed by atoms with E-state index in [1.165, 1.54) is 0 Å².